The topological polar surface area (TPSA) is 29.5 Å². The molecule has 0 aliphatic carbocycles. The van der Waals surface area contributed by atoms with E-state index in [1.54, 1.807) is 18.2 Å². The Balaban J connectivity index is 2.04. The Morgan fingerprint density at radius 3 is 2.62 bits per heavy atom. The Bertz CT molecular complexity index is 601. The van der Waals surface area contributed by atoms with E-state index in [9.17, 15) is 4.79 Å². The lowest BCUT2D eigenvalue weighted by Gasteiger charge is -2.26. The van der Waals surface area contributed by atoms with Gasteiger partial charge in [-0.25, -0.2) is 0 Å². The molecule has 0 saturated heterocycles. The van der Waals surface area contributed by atoms with Gasteiger partial charge in [0.05, 0.1) is 5.56 Å². The average Bonchev–Trinajstić information content (AvgIpc) is 2.49. The van der Waals surface area contributed by atoms with Gasteiger partial charge in [-0.2, -0.15) is 0 Å². The summed E-state index contributed by atoms with van der Waals surface area (Å²) in [6.07, 6.45) is 0.593. The summed E-state index contributed by atoms with van der Waals surface area (Å²) in [7, 11) is 1.98. The van der Waals surface area contributed by atoms with Gasteiger partial charge in [0.1, 0.15) is 12.0 Å². The molecule has 0 N–H and O–H groups in total. The van der Waals surface area contributed by atoms with Crippen LogP contribution in [0.3, 0.4) is 0 Å². The van der Waals surface area contributed by atoms with Crippen LogP contribution in [0.2, 0.25) is 5.02 Å². The molecule has 0 aromatic heterocycles. The fourth-order valence-electron chi connectivity index (χ4n) is 1.99. The first kappa shape index (κ1) is 15.5. The first-order valence-electron chi connectivity index (χ1n) is 6.75. The number of hydrogen-bond donors (Lipinski definition) is 0. The molecule has 0 fully saturated rings. The van der Waals surface area contributed by atoms with Gasteiger partial charge in [-0.3, -0.25) is 9.69 Å². The number of nitrogens with zero attached hydrogens (tertiary/aromatic N) is 1. The van der Waals surface area contributed by atoms with E-state index < -0.39 is 0 Å². The molecule has 110 valence electrons. The highest BCUT2D eigenvalue weighted by Crippen LogP contribution is 2.23. The van der Waals surface area contributed by atoms with E-state index in [2.05, 4.69) is 17.0 Å². The van der Waals surface area contributed by atoms with Crippen molar-refractivity contribution in [2.24, 2.45) is 0 Å². The number of benzene rings is 2. The quantitative estimate of drug-likeness (QED) is 0.596. The van der Waals surface area contributed by atoms with Crippen molar-refractivity contribution in [1.82, 2.24) is 4.90 Å². The molecule has 0 heterocycles. The highest BCUT2D eigenvalue weighted by atomic mass is 35.5. The van der Waals surface area contributed by atoms with Gasteiger partial charge < -0.3 is 4.74 Å². The van der Waals surface area contributed by atoms with Crippen LogP contribution in [-0.2, 0) is 6.54 Å². The standard InChI is InChI=1S/C17H18ClNO2/c1-13(19(2)11-14-6-4-3-5-7-14)21-17-9-8-16(18)10-15(17)12-20/h3-10,12-13H,11H2,1-2H3. The third-order valence-corrected chi connectivity index (χ3v) is 3.53. The minimum Gasteiger partial charge on any atom is -0.475 e. The van der Waals surface area contributed by atoms with E-state index in [1.807, 2.05) is 32.2 Å². The van der Waals surface area contributed by atoms with Gasteiger partial charge in [0.2, 0.25) is 0 Å². The molecule has 4 heteroatoms. The molecule has 3 nitrogen and oxygen atoms in total. The molecule has 0 radical (unpaired) electrons. The van der Waals surface area contributed by atoms with Crippen LogP contribution in [0.1, 0.15) is 22.8 Å². The van der Waals surface area contributed by atoms with E-state index >= 15 is 0 Å². The zero-order chi connectivity index (χ0) is 15.2. The lowest BCUT2D eigenvalue weighted by molar-refractivity contribution is 0.0543. The lowest BCUT2D eigenvalue weighted by atomic mass is 10.2. The summed E-state index contributed by atoms with van der Waals surface area (Å²) >= 11 is 5.88. The van der Waals surface area contributed by atoms with Crippen molar-refractivity contribution in [2.45, 2.75) is 19.7 Å². The number of aldehydes is 1. The summed E-state index contributed by atoms with van der Waals surface area (Å²) < 4.78 is 5.86. The van der Waals surface area contributed by atoms with Gasteiger partial charge in [0.15, 0.2) is 6.29 Å². The number of halogens is 1. The molecule has 0 bridgehead atoms. The summed E-state index contributed by atoms with van der Waals surface area (Å²) in [6, 6.07) is 15.2. The number of rotatable bonds is 6. The minimum atomic E-state index is -0.162. The highest BCUT2D eigenvalue weighted by Gasteiger charge is 2.13. The van der Waals surface area contributed by atoms with E-state index in [0.29, 0.717) is 16.3 Å². The second kappa shape index (κ2) is 7.25. The van der Waals surface area contributed by atoms with Crippen molar-refractivity contribution in [3.63, 3.8) is 0 Å². The molecule has 2 rings (SSSR count). The maximum absolute atomic E-state index is 11.1. The van der Waals surface area contributed by atoms with Crippen LogP contribution in [0.4, 0.5) is 0 Å². The summed E-state index contributed by atoms with van der Waals surface area (Å²) in [4.78, 5) is 13.1. The largest absolute Gasteiger partial charge is 0.475 e. The monoisotopic (exact) mass is 303 g/mol. The number of hydrogen-bond acceptors (Lipinski definition) is 3. The predicted octanol–water partition coefficient (Wildman–Crippen LogP) is 4.01. The Kier molecular flexibility index (Phi) is 5.37. The van der Waals surface area contributed by atoms with Crippen molar-refractivity contribution in [3.8, 4) is 5.75 Å². The van der Waals surface area contributed by atoms with Gasteiger partial charge >= 0.3 is 0 Å². The molecule has 21 heavy (non-hydrogen) atoms. The summed E-state index contributed by atoms with van der Waals surface area (Å²) in [5, 5.41) is 0.523. The summed E-state index contributed by atoms with van der Waals surface area (Å²) in [6.45, 7) is 2.72. The number of ether oxygens (including phenoxy) is 1. The molecule has 0 spiro atoms. The SMILES string of the molecule is CC(Oc1ccc(Cl)cc1C=O)N(C)Cc1ccccc1. The summed E-state index contributed by atoms with van der Waals surface area (Å²) in [5.74, 6) is 0.543. The molecule has 0 saturated carbocycles. The van der Waals surface area contributed by atoms with Crippen molar-refractivity contribution in [1.29, 1.82) is 0 Å². The van der Waals surface area contributed by atoms with Crippen LogP contribution in [-0.4, -0.2) is 24.5 Å². The second-order valence-corrected chi connectivity index (χ2v) is 5.35. The van der Waals surface area contributed by atoms with Gasteiger partial charge in [0.25, 0.3) is 0 Å². The average molecular weight is 304 g/mol. The third kappa shape index (κ3) is 4.31. The molecule has 1 atom stereocenters. The predicted molar refractivity (Wildman–Crippen MR) is 84.8 cm³/mol. The Labute approximate surface area is 130 Å². The Morgan fingerprint density at radius 1 is 1.24 bits per heavy atom. The fraction of sp³-hybridized carbons (Fsp3) is 0.235. The first-order chi connectivity index (χ1) is 10.1. The highest BCUT2D eigenvalue weighted by molar-refractivity contribution is 6.30. The minimum absolute atomic E-state index is 0.162. The number of carbonyl (C=O) groups is 1. The van der Waals surface area contributed by atoms with Crippen molar-refractivity contribution in [3.05, 3.63) is 64.7 Å². The number of carbonyl (C=O) groups excluding carboxylic acids is 1. The van der Waals surface area contributed by atoms with Crippen LogP contribution in [0.25, 0.3) is 0 Å². The molecule has 0 amide bonds. The van der Waals surface area contributed by atoms with Crippen molar-refractivity contribution < 1.29 is 9.53 Å². The lowest BCUT2D eigenvalue weighted by Crippen LogP contribution is -2.33. The molecule has 1 unspecified atom stereocenters. The normalized spacial score (nSPS) is 12.2. The van der Waals surface area contributed by atoms with E-state index in [1.165, 1.54) is 5.56 Å². The van der Waals surface area contributed by atoms with Crippen LogP contribution in [0.5, 0.6) is 5.75 Å². The van der Waals surface area contributed by atoms with E-state index in [4.69, 9.17) is 16.3 Å². The van der Waals surface area contributed by atoms with Crippen LogP contribution < -0.4 is 4.74 Å². The maximum Gasteiger partial charge on any atom is 0.153 e. The Hall–Kier alpha value is -1.84. The zero-order valence-electron chi connectivity index (χ0n) is 12.1. The van der Waals surface area contributed by atoms with Crippen LogP contribution in [0, 0.1) is 0 Å². The van der Waals surface area contributed by atoms with Crippen molar-refractivity contribution in [2.75, 3.05) is 7.05 Å². The smallest absolute Gasteiger partial charge is 0.153 e. The summed E-state index contributed by atoms with van der Waals surface area (Å²) in [5.41, 5.74) is 1.67. The van der Waals surface area contributed by atoms with Crippen molar-refractivity contribution >= 4 is 17.9 Å². The van der Waals surface area contributed by atoms with E-state index in [0.717, 1.165) is 12.8 Å². The van der Waals surface area contributed by atoms with Gasteiger partial charge in [-0.1, -0.05) is 41.9 Å². The maximum atomic E-state index is 11.1. The molecular formula is C17H18ClNO2. The molecule has 2 aromatic rings. The van der Waals surface area contributed by atoms with Gasteiger partial charge in [0, 0.05) is 11.6 Å². The van der Waals surface area contributed by atoms with Gasteiger partial charge in [-0.15, -0.1) is 0 Å². The molecular weight excluding hydrogens is 286 g/mol. The molecule has 2 aromatic carbocycles. The first-order valence-corrected chi connectivity index (χ1v) is 7.13. The van der Waals surface area contributed by atoms with Crippen LogP contribution in [0.15, 0.2) is 48.5 Å². The second-order valence-electron chi connectivity index (χ2n) is 4.92. The fourth-order valence-corrected chi connectivity index (χ4v) is 2.17. The third-order valence-electron chi connectivity index (χ3n) is 3.29. The van der Waals surface area contributed by atoms with Crippen LogP contribution >= 0.6 is 11.6 Å². The Morgan fingerprint density at radius 2 is 1.95 bits per heavy atom. The zero-order valence-corrected chi connectivity index (χ0v) is 12.9. The molecule has 0 aliphatic heterocycles. The van der Waals surface area contributed by atoms with Gasteiger partial charge in [-0.05, 0) is 37.7 Å². The molecule has 0 aliphatic rings. The van der Waals surface area contributed by atoms with E-state index in [-0.39, 0.29) is 6.23 Å².